The molecule has 1 aliphatic heterocycles. The molecule has 0 saturated carbocycles. The van der Waals surface area contributed by atoms with E-state index in [1.807, 2.05) is 36.4 Å². The predicted octanol–water partition coefficient (Wildman–Crippen LogP) is 4.59. The molecule has 0 spiro atoms. The first-order valence-electron chi connectivity index (χ1n) is 10.4. The molecule has 3 heterocycles. The zero-order valence-corrected chi connectivity index (χ0v) is 17.4. The van der Waals surface area contributed by atoms with Gasteiger partial charge in [-0.25, -0.2) is 9.97 Å². The van der Waals surface area contributed by atoms with Crippen LogP contribution in [-0.2, 0) is 6.61 Å². The number of nitrogens with zero attached hydrogens (tertiary/aromatic N) is 2. The highest BCUT2D eigenvalue weighted by molar-refractivity contribution is 5.92. The third-order valence-corrected chi connectivity index (χ3v) is 5.52. The summed E-state index contributed by atoms with van der Waals surface area (Å²) in [6.45, 7) is 2.38. The van der Waals surface area contributed by atoms with Crippen LogP contribution >= 0.6 is 0 Å². The lowest BCUT2D eigenvalue weighted by atomic mass is 10.0. The van der Waals surface area contributed by atoms with Gasteiger partial charge in [0, 0.05) is 17.6 Å². The van der Waals surface area contributed by atoms with Crippen LogP contribution in [0.3, 0.4) is 0 Å². The van der Waals surface area contributed by atoms with Gasteiger partial charge in [-0.2, -0.15) is 0 Å². The van der Waals surface area contributed by atoms with Crippen LogP contribution in [-0.4, -0.2) is 35.2 Å². The molecule has 156 valence electrons. The highest BCUT2D eigenvalue weighted by Crippen LogP contribution is 2.30. The molecule has 2 N–H and O–H groups in total. The Morgan fingerprint density at radius 2 is 1.77 bits per heavy atom. The molecule has 0 radical (unpaired) electrons. The van der Waals surface area contributed by atoms with Crippen molar-refractivity contribution in [1.29, 1.82) is 0 Å². The average molecular weight is 412 g/mol. The van der Waals surface area contributed by atoms with Gasteiger partial charge in [0.15, 0.2) is 0 Å². The highest BCUT2D eigenvalue weighted by atomic mass is 16.5. The van der Waals surface area contributed by atoms with Crippen molar-refractivity contribution in [3.63, 3.8) is 0 Å². The van der Waals surface area contributed by atoms with E-state index < -0.39 is 0 Å². The number of hydrogen-bond acceptors (Lipinski definition) is 5. The van der Waals surface area contributed by atoms with Gasteiger partial charge in [-0.1, -0.05) is 18.2 Å². The number of methoxy groups -OCH3 is 1. The standard InChI is InChI=1S/C25H24N4O2/c1-30-20-6-2-17(3-7-20)15-31-21-8-4-18(5-9-21)23-14-22-24(19-10-12-26-13-11-19)27-16-28-25(22)29-23/h2-10,14,16,26H,11-13,15H2,1H3,(H,27,28,29). The van der Waals surface area contributed by atoms with E-state index in [1.54, 1.807) is 13.4 Å². The molecule has 6 nitrogen and oxygen atoms in total. The monoisotopic (exact) mass is 412 g/mol. The van der Waals surface area contributed by atoms with Gasteiger partial charge >= 0.3 is 0 Å². The predicted molar refractivity (Wildman–Crippen MR) is 122 cm³/mol. The van der Waals surface area contributed by atoms with Gasteiger partial charge in [0.2, 0.25) is 0 Å². The Balaban J connectivity index is 1.33. The summed E-state index contributed by atoms with van der Waals surface area (Å²) in [5, 5.41) is 4.41. The minimum absolute atomic E-state index is 0.513. The van der Waals surface area contributed by atoms with Gasteiger partial charge in [0.1, 0.15) is 30.1 Å². The number of H-pyrrole nitrogens is 1. The number of hydrogen-bond donors (Lipinski definition) is 2. The Morgan fingerprint density at radius 1 is 0.968 bits per heavy atom. The summed E-state index contributed by atoms with van der Waals surface area (Å²) < 4.78 is 11.1. The van der Waals surface area contributed by atoms with E-state index >= 15 is 0 Å². The maximum absolute atomic E-state index is 5.93. The van der Waals surface area contributed by atoms with Crippen molar-refractivity contribution in [2.24, 2.45) is 0 Å². The molecule has 0 fully saturated rings. The molecule has 0 atom stereocenters. The fraction of sp³-hybridized carbons (Fsp3) is 0.200. The molecule has 0 saturated heterocycles. The van der Waals surface area contributed by atoms with Crippen LogP contribution in [0.25, 0.3) is 27.9 Å². The maximum atomic E-state index is 5.93. The third-order valence-electron chi connectivity index (χ3n) is 5.52. The Kier molecular flexibility index (Phi) is 5.37. The van der Waals surface area contributed by atoms with Crippen molar-refractivity contribution in [2.75, 3.05) is 20.2 Å². The van der Waals surface area contributed by atoms with Crippen molar-refractivity contribution in [3.8, 4) is 22.8 Å². The fourth-order valence-electron chi connectivity index (χ4n) is 3.81. The molecule has 0 bridgehead atoms. The molecular formula is C25H24N4O2. The molecular weight excluding hydrogens is 388 g/mol. The Hall–Kier alpha value is -3.64. The molecule has 0 unspecified atom stereocenters. The molecule has 1 aliphatic rings. The molecule has 0 amide bonds. The van der Waals surface area contributed by atoms with Crippen LogP contribution in [0.5, 0.6) is 11.5 Å². The summed E-state index contributed by atoms with van der Waals surface area (Å²) in [7, 11) is 1.67. The molecule has 6 heteroatoms. The van der Waals surface area contributed by atoms with Crippen molar-refractivity contribution in [1.82, 2.24) is 20.3 Å². The normalized spacial score (nSPS) is 13.8. The lowest BCUT2D eigenvalue weighted by Crippen LogP contribution is -2.20. The number of ether oxygens (including phenoxy) is 2. The molecule has 2 aromatic heterocycles. The zero-order chi connectivity index (χ0) is 21.0. The summed E-state index contributed by atoms with van der Waals surface area (Å²) in [5.41, 5.74) is 6.36. The lowest BCUT2D eigenvalue weighted by molar-refractivity contribution is 0.306. The van der Waals surface area contributed by atoms with Gasteiger partial charge in [-0.15, -0.1) is 0 Å². The van der Waals surface area contributed by atoms with Gasteiger partial charge < -0.3 is 19.8 Å². The van der Waals surface area contributed by atoms with E-state index in [2.05, 4.69) is 44.5 Å². The third kappa shape index (κ3) is 4.15. The van der Waals surface area contributed by atoms with E-state index in [1.165, 1.54) is 5.57 Å². The second-order valence-electron chi connectivity index (χ2n) is 7.51. The Labute approximate surface area is 181 Å². The maximum Gasteiger partial charge on any atom is 0.141 e. The van der Waals surface area contributed by atoms with Gasteiger partial charge in [0.05, 0.1) is 12.8 Å². The van der Waals surface area contributed by atoms with Gasteiger partial charge in [0.25, 0.3) is 0 Å². The van der Waals surface area contributed by atoms with Crippen LogP contribution in [0.2, 0.25) is 0 Å². The minimum Gasteiger partial charge on any atom is -0.497 e. The van der Waals surface area contributed by atoms with Crippen LogP contribution in [0.4, 0.5) is 0 Å². The van der Waals surface area contributed by atoms with Crippen LogP contribution in [0, 0.1) is 0 Å². The van der Waals surface area contributed by atoms with E-state index in [0.717, 1.165) is 64.6 Å². The summed E-state index contributed by atoms with van der Waals surface area (Å²) in [4.78, 5) is 12.4. The largest absolute Gasteiger partial charge is 0.497 e. The first-order chi connectivity index (χ1) is 15.3. The van der Waals surface area contributed by atoms with E-state index in [-0.39, 0.29) is 0 Å². The quantitative estimate of drug-likeness (QED) is 0.485. The zero-order valence-electron chi connectivity index (χ0n) is 17.4. The SMILES string of the molecule is COc1ccc(COc2ccc(-c3cc4c(C5=CCNCC5)ncnc4[nH]3)cc2)cc1. The van der Waals surface area contributed by atoms with Crippen molar-refractivity contribution >= 4 is 16.6 Å². The summed E-state index contributed by atoms with van der Waals surface area (Å²) in [6, 6.07) is 18.1. The summed E-state index contributed by atoms with van der Waals surface area (Å²) >= 11 is 0. The van der Waals surface area contributed by atoms with E-state index in [0.29, 0.717) is 6.61 Å². The molecule has 4 aromatic rings. The molecule has 31 heavy (non-hydrogen) atoms. The van der Waals surface area contributed by atoms with E-state index in [9.17, 15) is 0 Å². The van der Waals surface area contributed by atoms with Crippen LogP contribution in [0.1, 0.15) is 17.7 Å². The lowest BCUT2D eigenvalue weighted by Gasteiger charge is -2.13. The average Bonchev–Trinajstić information content (AvgIpc) is 3.28. The number of aromatic nitrogens is 3. The Bertz CT molecular complexity index is 1210. The van der Waals surface area contributed by atoms with Crippen molar-refractivity contribution in [3.05, 3.63) is 78.3 Å². The number of fused-ring (bicyclic) bond motifs is 1. The number of benzene rings is 2. The Morgan fingerprint density at radius 3 is 2.52 bits per heavy atom. The summed E-state index contributed by atoms with van der Waals surface area (Å²) in [6.07, 6.45) is 4.83. The van der Waals surface area contributed by atoms with E-state index in [4.69, 9.17) is 9.47 Å². The minimum atomic E-state index is 0.513. The van der Waals surface area contributed by atoms with Crippen LogP contribution < -0.4 is 14.8 Å². The van der Waals surface area contributed by atoms with Gasteiger partial charge in [-0.05, 0) is 72.1 Å². The second-order valence-corrected chi connectivity index (χ2v) is 7.51. The number of nitrogens with one attached hydrogen (secondary N) is 2. The van der Waals surface area contributed by atoms with Gasteiger partial charge in [-0.3, -0.25) is 0 Å². The fourth-order valence-corrected chi connectivity index (χ4v) is 3.81. The smallest absolute Gasteiger partial charge is 0.141 e. The second kappa shape index (κ2) is 8.62. The van der Waals surface area contributed by atoms with Crippen LogP contribution in [0.15, 0.2) is 67.0 Å². The molecule has 2 aromatic carbocycles. The van der Waals surface area contributed by atoms with Crippen molar-refractivity contribution in [2.45, 2.75) is 13.0 Å². The summed E-state index contributed by atoms with van der Waals surface area (Å²) in [5.74, 6) is 1.67. The first-order valence-corrected chi connectivity index (χ1v) is 10.4. The number of aromatic amines is 1. The highest BCUT2D eigenvalue weighted by Gasteiger charge is 2.14. The topological polar surface area (TPSA) is 72.1 Å². The molecule has 5 rings (SSSR count). The first kappa shape index (κ1) is 19.3. The molecule has 0 aliphatic carbocycles. The van der Waals surface area contributed by atoms with Crippen molar-refractivity contribution < 1.29 is 9.47 Å². The number of rotatable bonds is 6.